The zero-order valence-electron chi connectivity index (χ0n) is 12.5. The molecule has 1 N–H and O–H groups in total. The summed E-state index contributed by atoms with van der Waals surface area (Å²) in [5.41, 5.74) is 0.732. The number of Topliss-reactive ketones (excluding diaryl/α,β-unsaturated/α-hetero) is 1. The summed E-state index contributed by atoms with van der Waals surface area (Å²) in [4.78, 5) is 12.4. The summed E-state index contributed by atoms with van der Waals surface area (Å²) in [6, 6.07) is 7.59. The van der Waals surface area contributed by atoms with E-state index in [1.165, 1.54) is 12.8 Å². The number of para-hydroxylation sites is 1. The summed E-state index contributed by atoms with van der Waals surface area (Å²) in [5.74, 6) is 1.62. The lowest BCUT2D eigenvalue weighted by Crippen LogP contribution is -2.28. The molecule has 1 aromatic carbocycles. The van der Waals surface area contributed by atoms with Gasteiger partial charge in [-0.1, -0.05) is 12.1 Å². The van der Waals surface area contributed by atoms with Crippen molar-refractivity contribution in [2.45, 2.75) is 45.6 Å². The second-order valence-electron chi connectivity index (χ2n) is 5.82. The molecule has 0 bridgehead atoms. The predicted octanol–water partition coefficient (Wildman–Crippen LogP) is 3.44. The molecular weight excluding hydrogens is 250 g/mol. The first-order valence-corrected chi connectivity index (χ1v) is 7.66. The summed E-state index contributed by atoms with van der Waals surface area (Å²) >= 11 is 0. The molecule has 0 amide bonds. The molecular formula is C17H25NO2. The molecule has 0 atom stereocenters. The Labute approximate surface area is 121 Å². The molecule has 3 heteroatoms. The molecule has 1 aliphatic rings. The minimum absolute atomic E-state index is 0.0911. The Bertz CT molecular complexity index is 436. The van der Waals surface area contributed by atoms with Gasteiger partial charge in [-0.3, -0.25) is 4.79 Å². The molecule has 3 nitrogen and oxygen atoms in total. The van der Waals surface area contributed by atoms with Crippen molar-refractivity contribution in [2.24, 2.45) is 5.92 Å². The monoisotopic (exact) mass is 275 g/mol. The Morgan fingerprint density at radius 3 is 2.70 bits per heavy atom. The van der Waals surface area contributed by atoms with Crippen molar-refractivity contribution in [3.8, 4) is 5.75 Å². The molecule has 1 saturated heterocycles. The molecule has 2 rings (SSSR count). The highest BCUT2D eigenvalue weighted by atomic mass is 16.5. The minimum atomic E-state index is 0.0911. The topological polar surface area (TPSA) is 38.3 Å². The van der Waals surface area contributed by atoms with Crippen LogP contribution in [0.15, 0.2) is 24.3 Å². The van der Waals surface area contributed by atoms with Gasteiger partial charge in [-0.25, -0.2) is 0 Å². The Morgan fingerprint density at radius 2 is 2.00 bits per heavy atom. The van der Waals surface area contributed by atoms with Gasteiger partial charge in [-0.2, -0.15) is 0 Å². The van der Waals surface area contributed by atoms with Crippen LogP contribution in [0, 0.1) is 5.92 Å². The van der Waals surface area contributed by atoms with E-state index in [-0.39, 0.29) is 11.9 Å². The average Bonchev–Trinajstić information content (AvgIpc) is 2.46. The van der Waals surface area contributed by atoms with Crippen LogP contribution in [-0.2, 0) is 0 Å². The van der Waals surface area contributed by atoms with Crippen molar-refractivity contribution < 1.29 is 9.53 Å². The Hall–Kier alpha value is -1.35. The highest BCUT2D eigenvalue weighted by molar-refractivity contribution is 5.98. The number of nitrogens with one attached hydrogen (secondary N) is 1. The van der Waals surface area contributed by atoms with Crippen LogP contribution in [0.3, 0.4) is 0 Å². The number of benzene rings is 1. The molecule has 110 valence electrons. The summed E-state index contributed by atoms with van der Waals surface area (Å²) < 4.78 is 5.73. The second kappa shape index (κ2) is 7.44. The Kier molecular flexibility index (Phi) is 5.60. The van der Waals surface area contributed by atoms with Crippen molar-refractivity contribution in [1.29, 1.82) is 0 Å². The molecule has 0 aliphatic carbocycles. The molecule has 1 aliphatic heterocycles. The van der Waals surface area contributed by atoms with E-state index in [1.54, 1.807) is 0 Å². The van der Waals surface area contributed by atoms with Gasteiger partial charge < -0.3 is 10.1 Å². The van der Waals surface area contributed by atoms with Gasteiger partial charge in [0, 0.05) is 6.42 Å². The molecule has 1 fully saturated rings. The third kappa shape index (κ3) is 4.34. The lowest BCUT2D eigenvalue weighted by atomic mass is 9.91. The van der Waals surface area contributed by atoms with Crippen LogP contribution in [0.1, 0.15) is 49.9 Å². The largest absolute Gasteiger partial charge is 0.490 e. The molecule has 0 saturated carbocycles. The summed E-state index contributed by atoms with van der Waals surface area (Å²) in [7, 11) is 0. The van der Waals surface area contributed by atoms with Crippen LogP contribution in [-0.4, -0.2) is 25.0 Å². The number of carbonyl (C=O) groups excluding carboxylic acids is 1. The number of carbonyl (C=O) groups is 1. The van der Waals surface area contributed by atoms with Crippen LogP contribution >= 0.6 is 0 Å². The van der Waals surface area contributed by atoms with Gasteiger partial charge in [-0.15, -0.1) is 0 Å². The predicted molar refractivity (Wildman–Crippen MR) is 81.4 cm³/mol. The van der Waals surface area contributed by atoms with Crippen molar-refractivity contribution in [1.82, 2.24) is 5.32 Å². The van der Waals surface area contributed by atoms with Crippen LogP contribution in [0.25, 0.3) is 0 Å². The number of piperidine rings is 1. The fraction of sp³-hybridized carbons (Fsp3) is 0.588. The smallest absolute Gasteiger partial charge is 0.166 e. The average molecular weight is 275 g/mol. The lowest BCUT2D eigenvalue weighted by molar-refractivity contribution is 0.0965. The third-order valence-corrected chi connectivity index (χ3v) is 3.79. The Balaban J connectivity index is 1.94. The standard InChI is InChI=1S/C17H25NO2/c1-13(2)20-17-6-4-3-5-15(17)16(19)8-7-14-9-11-18-12-10-14/h3-6,13-14,18H,7-12H2,1-2H3. The van der Waals surface area contributed by atoms with E-state index in [0.717, 1.165) is 30.8 Å². The number of ketones is 1. The summed E-state index contributed by atoms with van der Waals surface area (Å²) in [5, 5.41) is 3.36. The summed E-state index contributed by atoms with van der Waals surface area (Å²) in [6.45, 7) is 6.14. The molecule has 0 aromatic heterocycles. The Morgan fingerprint density at radius 1 is 1.30 bits per heavy atom. The quantitative estimate of drug-likeness (QED) is 0.808. The van der Waals surface area contributed by atoms with Gasteiger partial charge in [0.15, 0.2) is 5.78 Å². The zero-order chi connectivity index (χ0) is 14.4. The van der Waals surface area contributed by atoms with Crippen molar-refractivity contribution in [3.05, 3.63) is 29.8 Å². The first-order chi connectivity index (χ1) is 9.66. The minimum Gasteiger partial charge on any atom is -0.490 e. The summed E-state index contributed by atoms with van der Waals surface area (Å²) in [6.07, 6.45) is 4.10. The van der Waals surface area contributed by atoms with Crippen LogP contribution in [0.5, 0.6) is 5.75 Å². The van der Waals surface area contributed by atoms with Crippen LogP contribution < -0.4 is 10.1 Å². The SMILES string of the molecule is CC(C)Oc1ccccc1C(=O)CCC1CCNCC1. The number of rotatable bonds is 6. The van der Waals surface area contributed by atoms with Crippen molar-refractivity contribution >= 4 is 5.78 Å². The lowest BCUT2D eigenvalue weighted by Gasteiger charge is -2.22. The maximum atomic E-state index is 12.4. The van der Waals surface area contributed by atoms with Gasteiger partial charge in [0.05, 0.1) is 11.7 Å². The van der Waals surface area contributed by atoms with Crippen LogP contribution in [0.4, 0.5) is 0 Å². The van der Waals surface area contributed by atoms with Gasteiger partial charge in [-0.05, 0) is 64.3 Å². The van der Waals surface area contributed by atoms with Crippen molar-refractivity contribution in [3.63, 3.8) is 0 Å². The van der Waals surface area contributed by atoms with E-state index in [0.29, 0.717) is 12.3 Å². The van der Waals surface area contributed by atoms with E-state index in [9.17, 15) is 4.79 Å². The van der Waals surface area contributed by atoms with E-state index >= 15 is 0 Å². The molecule has 1 aromatic rings. The molecule has 1 heterocycles. The molecule has 0 spiro atoms. The normalized spacial score (nSPS) is 16.4. The third-order valence-electron chi connectivity index (χ3n) is 3.79. The first-order valence-electron chi connectivity index (χ1n) is 7.66. The van der Waals surface area contributed by atoms with Gasteiger partial charge >= 0.3 is 0 Å². The highest BCUT2D eigenvalue weighted by Crippen LogP contribution is 2.24. The fourth-order valence-corrected chi connectivity index (χ4v) is 2.69. The number of ether oxygens (including phenoxy) is 1. The number of hydrogen-bond acceptors (Lipinski definition) is 3. The van der Waals surface area contributed by atoms with Gasteiger partial charge in [0.25, 0.3) is 0 Å². The van der Waals surface area contributed by atoms with E-state index in [1.807, 2.05) is 38.1 Å². The fourth-order valence-electron chi connectivity index (χ4n) is 2.69. The molecule has 0 radical (unpaired) electrons. The highest BCUT2D eigenvalue weighted by Gasteiger charge is 2.17. The second-order valence-corrected chi connectivity index (χ2v) is 5.82. The maximum Gasteiger partial charge on any atom is 0.166 e. The molecule has 20 heavy (non-hydrogen) atoms. The van der Waals surface area contributed by atoms with Gasteiger partial charge in [0.1, 0.15) is 5.75 Å². The van der Waals surface area contributed by atoms with Gasteiger partial charge in [0.2, 0.25) is 0 Å². The van der Waals surface area contributed by atoms with Crippen LogP contribution in [0.2, 0.25) is 0 Å². The van der Waals surface area contributed by atoms with E-state index in [4.69, 9.17) is 4.74 Å². The molecule has 0 unspecified atom stereocenters. The first kappa shape index (κ1) is 15.0. The maximum absolute atomic E-state index is 12.4. The van der Waals surface area contributed by atoms with E-state index < -0.39 is 0 Å². The number of hydrogen-bond donors (Lipinski definition) is 1. The zero-order valence-corrected chi connectivity index (χ0v) is 12.5. The van der Waals surface area contributed by atoms with Crippen molar-refractivity contribution in [2.75, 3.05) is 13.1 Å². The van der Waals surface area contributed by atoms with E-state index in [2.05, 4.69) is 5.32 Å².